The summed E-state index contributed by atoms with van der Waals surface area (Å²) in [6, 6.07) is 7.14. The van der Waals surface area contributed by atoms with Gasteiger partial charge in [-0.3, -0.25) is 9.13 Å². The molecule has 2 aromatic heterocycles. The highest BCUT2D eigenvalue weighted by atomic mass is 16.3. The lowest BCUT2D eigenvalue weighted by Gasteiger charge is -2.23. The molecule has 4 aliphatic carbocycles. The first-order valence-corrected chi connectivity index (χ1v) is 12.4. The first-order chi connectivity index (χ1) is 17.4. The summed E-state index contributed by atoms with van der Waals surface area (Å²) in [6.45, 7) is 7.79. The Morgan fingerprint density at radius 2 is 1.19 bits per heavy atom. The van der Waals surface area contributed by atoms with E-state index in [2.05, 4.69) is 37.5 Å². The molecule has 3 aromatic rings. The summed E-state index contributed by atoms with van der Waals surface area (Å²) in [5.41, 5.74) is 3.43. The summed E-state index contributed by atoms with van der Waals surface area (Å²) in [5, 5.41) is 45.2. The average molecular weight is 481 g/mol. The van der Waals surface area contributed by atoms with Crippen molar-refractivity contribution in [3.05, 3.63) is 96.1 Å². The Kier molecular flexibility index (Phi) is 4.00. The van der Waals surface area contributed by atoms with Crippen LogP contribution in [0.3, 0.4) is 0 Å². The Morgan fingerprint density at radius 1 is 0.750 bits per heavy atom. The van der Waals surface area contributed by atoms with Crippen LogP contribution >= 0.6 is 0 Å². The summed E-state index contributed by atoms with van der Waals surface area (Å²) in [6.07, 6.45) is 15.2. The number of hydrogen-bond donors (Lipinski definition) is 4. The second kappa shape index (κ2) is 6.78. The largest absolute Gasteiger partial charge is 0.494 e. The summed E-state index contributed by atoms with van der Waals surface area (Å²) in [5.74, 6) is 0.193. The number of nitrogens with zero attached hydrogens (tertiary/aromatic N) is 2. The topological polar surface area (TPSA) is 90.8 Å². The lowest BCUT2D eigenvalue weighted by atomic mass is 9.81. The third kappa shape index (κ3) is 2.32. The Labute approximate surface area is 209 Å². The van der Waals surface area contributed by atoms with Crippen molar-refractivity contribution in [1.82, 2.24) is 9.13 Å². The minimum absolute atomic E-state index is 0.0176. The molecule has 0 fully saturated rings. The minimum Gasteiger partial charge on any atom is -0.494 e. The molecule has 4 N–H and O–H groups in total. The maximum atomic E-state index is 11.3. The molecule has 6 heteroatoms. The van der Waals surface area contributed by atoms with Crippen LogP contribution in [0.1, 0.15) is 59.8 Å². The van der Waals surface area contributed by atoms with Gasteiger partial charge in [-0.25, -0.2) is 0 Å². The third-order valence-corrected chi connectivity index (χ3v) is 8.88. The van der Waals surface area contributed by atoms with E-state index in [9.17, 15) is 20.4 Å². The normalized spacial score (nSPS) is 28.1. The number of benzene rings is 1. The van der Waals surface area contributed by atoms with E-state index in [-0.39, 0.29) is 46.2 Å². The lowest BCUT2D eigenvalue weighted by Crippen LogP contribution is -2.17. The Bertz CT molecular complexity index is 1440. The van der Waals surface area contributed by atoms with E-state index in [1.54, 1.807) is 24.3 Å². The zero-order valence-corrected chi connectivity index (χ0v) is 19.9. The number of aromatic hydroxyl groups is 4. The van der Waals surface area contributed by atoms with Crippen LogP contribution in [0.25, 0.3) is 11.4 Å². The van der Waals surface area contributed by atoms with Gasteiger partial charge in [-0.2, -0.15) is 0 Å². The van der Waals surface area contributed by atoms with Crippen molar-refractivity contribution in [2.45, 2.75) is 48.3 Å². The highest BCUT2D eigenvalue weighted by Gasteiger charge is 2.52. The predicted octanol–water partition coefficient (Wildman–Crippen LogP) is 5.83. The summed E-state index contributed by atoms with van der Waals surface area (Å²) in [4.78, 5) is 0. The van der Waals surface area contributed by atoms with E-state index in [0.29, 0.717) is 24.2 Å². The summed E-state index contributed by atoms with van der Waals surface area (Å²) in [7, 11) is 0. The van der Waals surface area contributed by atoms with Gasteiger partial charge < -0.3 is 20.4 Å². The van der Waals surface area contributed by atoms with Gasteiger partial charge >= 0.3 is 0 Å². The van der Waals surface area contributed by atoms with Gasteiger partial charge in [0, 0.05) is 44.9 Å². The van der Waals surface area contributed by atoms with E-state index in [1.807, 2.05) is 12.2 Å². The van der Waals surface area contributed by atoms with Gasteiger partial charge in [0.1, 0.15) is 0 Å². The molecule has 4 aliphatic rings. The van der Waals surface area contributed by atoms with Gasteiger partial charge in [-0.05, 0) is 43.9 Å². The van der Waals surface area contributed by atoms with Crippen LogP contribution in [-0.2, 0) is 10.8 Å². The van der Waals surface area contributed by atoms with Crippen molar-refractivity contribution < 1.29 is 20.4 Å². The number of aromatic nitrogens is 2. The fourth-order valence-corrected chi connectivity index (χ4v) is 7.52. The zero-order valence-electron chi connectivity index (χ0n) is 19.9. The van der Waals surface area contributed by atoms with Crippen LogP contribution in [0.5, 0.6) is 23.5 Å². The molecule has 0 amide bonds. The van der Waals surface area contributed by atoms with Gasteiger partial charge in [-0.1, -0.05) is 42.5 Å². The van der Waals surface area contributed by atoms with Crippen molar-refractivity contribution in [3.8, 4) is 34.9 Å². The van der Waals surface area contributed by atoms with E-state index in [0.717, 1.165) is 35.1 Å². The second-order valence-corrected chi connectivity index (χ2v) is 10.7. The SMILES string of the molecule is C=CCC12C=CC(C1)c1c2c(O)n(-c2cccc(-n3c(O)c4c(c3O)C3(CC=C)C=CC4C3)c2)c1O. The van der Waals surface area contributed by atoms with Crippen molar-refractivity contribution in [2.75, 3.05) is 0 Å². The fraction of sp³-hybridized carbons (Fsp3) is 0.267. The second-order valence-electron chi connectivity index (χ2n) is 10.7. The molecule has 4 atom stereocenters. The molecule has 2 heterocycles. The Hall–Kier alpha value is -4.06. The molecule has 0 saturated heterocycles. The molecular formula is C30H28N2O4. The molecule has 0 aliphatic heterocycles. The molecule has 0 radical (unpaired) electrons. The molecule has 7 rings (SSSR count). The van der Waals surface area contributed by atoms with Crippen molar-refractivity contribution in [2.24, 2.45) is 0 Å². The van der Waals surface area contributed by atoms with Crippen LogP contribution in [0.2, 0.25) is 0 Å². The average Bonchev–Trinajstić information content (AvgIpc) is 3.67. The van der Waals surface area contributed by atoms with Gasteiger partial charge in [0.15, 0.2) is 0 Å². The molecule has 0 saturated carbocycles. The van der Waals surface area contributed by atoms with E-state index >= 15 is 0 Å². The van der Waals surface area contributed by atoms with Gasteiger partial charge in [-0.15, -0.1) is 13.2 Å². The molecule has 182 valence electrons. The first kappa shape index (κ1) is 21.2. The summed E-state index contributed by atoms with van der Waals surface area (Å²) >= 11 is 0. The fourth-order valence-electron chi connectivity index (χ4n) is 7.52. The molecule has 4 bridgehead atoms. The van der Waals surface area contributed by atoms with Crippen molar-refractivity contribution in [1.29, 1.82) is 0 Å². The maximum absolute atomic E-state index is 11.3. The number of rotatable bonds is 6. The highest BCUT2D eigenvalue weighted by molar-refractivity contribution is 5.68. The molecule has 1 aromatic carbocycles. The summed E-state index contributed by atoms with van der Waals surface area (Å²) < 4.78 is 2.92. The van der Waals surface area contributed by atoms with Gasteiger partial charge in [0.25, 0.3) is 0 Å². The van der Waals surface area contributed by atoms with Crippen LogP contribution in [0, 0.1) is 0 Å². The maximum Gasteiger partial charge on any atom is 0.203 e. The zero-order chi connectivity index (χ0) is 25.0. The first-order valence-electron chi connectivity index (χ1n) is 12.4. The number of allylic oxidation sites excluding steroid dienone is 6. The van der Waals surface area contributed by atoms with Crippen LogP contribution in [-0.4, -0.2) is 29.6 Å². The van der Waals surface area contributed by atoms with E-state index < -0.39 is 0 Å². The third-order valence-electron chi connectivity index (χ3n) is 8.88. The molecule has 0 spiro atoms. The quantitative estimate of drug-likeness (QED) is 0.334. The number of fused-ring (bicyclic) bond motifs is 10. The van der Waals surface area contributed by atoms with Crippen molar-refractivity contribution in [3.63, 3.8) is 0 Å². The highest BCUT2D eigenvalue weighted by Crippen LogP contribution is 2.63. The molecule has 4 unspecified atom stereocenters. The number of hydrogen-bond acceptors (Lipinski definition) is 4. The minimum atomic E-state index is -0.351. The standard InChI is InChI=1S/C30H28N2O4/c1-3-10-29-12-8-17(15-29)21-23(29)27(35)31(25(21)33)19-6-5-7-20(14-19)32-26(34)22-18-9-13-30(16-18,11-4-2)24(22)28(32)36/h3-9,12-14,17-18,33-36H,1-2,10-11,15-16H2. The molecular weight excluding hydrogens is 452 g/mol. The Morgan fingerprint density at radius 3 is 1.61 bits per heavy atom. The van der Waals surface area contributed by atoms with E-state index in [1.165, 1.54) is 9.13 Å². The van der Waals surface area contributed by atoms with Gasteiger partial charge in [0.2, 0.25) is 23.5 Å². The molecule has 6 nitrogen and oxygen atoms in total. The molecule has 36 heavy (non-hydrogen) atoms. The van der Waals surface area contributed by atoms with Crippen LogP contribution < -0.4 is 0 Å². The van der Waals surface area contributed by atoms with E-state index in [4.69, 9.17) is 0 Å². The smallest absolute Gasteiger partial charge is 0.203 e. The lowest BCUT2D eigenvalue weighted by molar-refractivity contribution is 0.386. The van der Waals surface area contributed by atoms with Crippen LogP contribution in [0.15, 0.2) is 73.9 Å². The monoisotopic (exact) mass is 480 g/mol. The van der Waals surface area contributed by atoms with Crippen molar-refractivity contribution >= 4 is 0 Å². The van der Waals surface area contributed by atoms with Crippen LogP contribution in [0.4, 0.5) is 0 Å². The predicted molar refractivity (Wildman–Crippen MR) is 138 cm³/mol. The van der Waals surface area contributed by atoms with Gasteiger partial charge in [0.05, 0.1) is 11.4 Å². The Balaban J connectivity index is 1.37.